The summed E-state index contributed by atoms with van der Waals surface area (Å²) < 4.78 is 2.08. The van der Waals surface area contributed by atoms with Crippen LogP contribution in [0.3, 0.4) is 0 Å². The van der Waals surface area contributed by atoms with Gasteiger partial charge in [-0.05, 0) is 0 Å². The molecule has 3 heteroatoms. The molecular formula is C22H20Cl2Ti-2. The van der Waals surface area contributed by atoms with Gasteiger partial charge in [0.25, 0.3) is 0 Å². The molecule has 0 amide bonds. The van der Waals surface area contributed by atoms with E-state index in [9.17, 15) is 0 Å². The Kier molecular flexibility index (Phi) is 13.0. The molecule has 0 aliphatic heterocycles. The van der Waals surface area contributed by atoms with Gasteiger partial charge in [0, 0.05) is 0 Å². The first-order valence-electron chi connectivity index (χ1n) is 7.64. The van der Waals surface area contributed by atoms with E-state index in [1.54, 1.807) is 0 Å². The van der Waals surface area contributed by atoms with Crippen molar-refractivity contribution in [3.8, 4) is 0 Å². The van der Waals surface area contributed by atoms with Crippen molar-refractivity contribution >= 4 is 15.1 Å². The Hall–Kier alpha value is -1.44. The summed E-state index contributed by atoms with van der Waals surface area (Å²) in [5.41, 5.74) is 2.63. The minimum Gasteiger partial charge on any atom is -0.168 e. The zero-order chi connectivity index (χ0) is 16.3. The number of aryl methyl sites for hydroxylation is 1. The Labute approximate surface area is 174 Å². The van der Waals surface area contributed by atoms with Crippen LogP contribution in [-0.4, -0.2) is 4.31 Å². The predicted octanol–water partition coefficient (Wildman–Crippen LogP) is -0.336. The van der Waals surface area contributed by atoms with E-state index in [2.05, 4.69) is 78.0 Å². The normalized spacial score (nSPS) is 8.60. The second-order valence-corrected chi connectivity index (χ2v) is 5.62. The van der Waals surface area contributed by atoms with E-state index < -0.39 is 0 Å². The van der Waals surface area contributed by atoms with Crippen molar-refractivity contribution < 1.29 is 44.8 Å². The Morgan fingerprint density at radius 2 is 1.40 bits per heavy atom. The first-order valence-corrected chi connectivity index (χ1v) is 8.54. The molecule has 0 atom stereocenters. The zero-order valence-electron chi connectivity index (χ0n) is 14.1. The Morgan fingerprint density at radius 1 is 0.800 bits per heavy atom. The van der Waals surface area contributed by atoms with Gasteiger partial charge in [-0.2, -0.15) is 35.2 Å². The minimum atomic E-state index is 0. The molecule has 0 aliphatic carbocycles. The predicted molar refractivity (Wildman–Crippen MR) is 97.9 cm³/mol. The second kappa shape index (κ2) is 13.8. The smallest absolute Gasteiger partial charge is 0.0809 e. The van der Waals surface area contributed by atoms with Gasteiger partial charge in [0.1, 0.15) is 0 Å². The molecule has 25 heavy (non-hydrogen) atoms. The fourth-order valence-electron chi connectivity index (χ4n) is 2.09. The summed E-state index contributed by atoms with van der Waals surface area (Å²) in [7, 11) is 0. The van der Waals surface area contributed by atoms with Crippen molar-refractivity contribution in [1.29, 1.82) is 0 Å². The maximum absolute atomic E-state index is 2.12. The molecule has 0 bridgehead atoms. The summed E-state index contributed by atoms with van der Waals surface area (Å²) in [5.74, 6) is 0. The molecule has 0 nitrogen and oxygen atoms in total. The molecule has 0 aromatic heterocycles. The zero-order valence-corrected chi connectivity index (χ0v) is 17.1. The molecule has 4 aromatic carbocycles. The van der Waals surface area contributed by atoms with Crippen LogP contribution in [0.4, 0.5) is 0 Å². The van der Waals surface area contributed by atoms with Gasteiger partial charge in [-0.1, -0.05) is 13.0 Å². The largest absolute Gasteiger partial charge is 0.168 e. The van der Waals surface area contributed by atoms with Crippen molar-refractivity contribution in [2.45, 2.75) is 6.92 Å². The Balaban J connectivity index is 0.000000339. The van der Waals surface area contributed by atoms with Crippen LogP contribution in [0.2, 0.25) is 0 Å². The van der Waals surface area contributed by atoms with E-state index in [0.717, 1.165) is 0 Å². The Bertz CT molecular complexity index is 772. The van der Waals surface area contributed by atoms with Gasteiger partial charge in [-0.25, -0.2) is 12.1 Å². The quantitative estimate of drug-likeness (QED) is 0.302. The molecular weight excluding hydrogens is 383 g/mol. The van der Waals surface area contributed by atoms with E-state index in [0.29, 0.717) is 0 Å². The van der Waals surface area contributed by atoms with E-state index in [4.69, 9.17) is 0 Å². The first kappa shape index (κ1) is 23.6. The van der Waals surface area contributed by atoms with Gasteiger partial charge in [-0.15, -0.1) is 29.7 Å². The molecule has 128 valence electrons. The minimum absolute atomic E-state index is 0. The van der Waals surface area contributed by atoms with Crippen molar-refractivity contribution in [3.63, 3.8) is 0 Å². The van der Waals surface area contributed by atoms with E-state index in [1.807, 2.05) is 50.3 Å². The van der Waals surface area contributed by atoms with Crippen LogP contribution in [0.5, 0.6) is 0 Å². The molecule has 4 aromatic rings. The maximum atomic E-state index is 2.12. The summed E-state index contributed by atoms with van der Waals surface area (Å²) in [6.07, 6.45) is 0. The molecule has 0 unspecified atom stereocenters. The molecule has 0 spiro atoms. The van der Waals surface area contributed by atoms with Crippen LogP contribution in [-0.2, 0) is 20.0 Å². The number of fused-ring (bicyclic) bond motifs is 1. The topological polar surface area (TPSA) is 0 Å². The SMILES string of the molecule is C[c-]1cccc1.[Cl-].[Cl-].[Ti+2]=[CH]c1ccccc1.c1ccc2[cH-]ccc2c1. The van der Waals surface area contributed by atoms with Gasteiger partial charge in [0.05, 0.1) is 0 Å². The molecule has 0 N–H and O–H groups in total. The third kappa shape index (κ3) is 9.00. The van der Waals surface area contributed by atoms with Crippen LogP contribution in [0.25, 0.3) is 10.8 Å². The van der Waals surface area contributed by atoms with Crippen LogP contribution in [0, 0.1) is 6.92 Å². The van der Waals surface area contributed by atoms with Gasteiger partial charge in [-0.3, -0.25) is 0 Å². The monoisotopic (exact) mass is 402 g/mol. The number of benzene rings is 2. The maximum Gasteiger partial charge on any atom is -0.0809 e. The third-order valence-electron chi connectivity index (χ3n) is 3.34. The molecule has 0 saturated carbocycles. The average molecular weight is 403 g/mol. The average Bonchev–Trinajstić information content (AvgIpc) is 3.27. The van der Waals surface area contributed by atoms with Gasteiger partial charge in [0.15, 0.2) is 0 Å². The molecule has 0 heterocycles. The summed E-state index contributed by atoms with van der Waals surface area (Å²) in [6, 6.07) is 33.2. The van der Waals surface area contributed by atoms with Gasteiger partial charge < -0.3 is 24.8 Å². The first-order chi connectivity index (χ1) is 11.3. The van der Waals surface area contributed by atoms with Crippen molar-refractivity contribution in [1.82, 2.24) is 0 Å². The molecule has 0 saturated heterocycles. The van der Waals surface area contributed by atoms with Crippen LogP contribution in [0.15, 0.2) is 97.1 Å². The summed E-state index contributed by atoms with van der Waals surface area (Å²) in [6.45, 7) is 2.08. The molecule has 0 aliphatic rings. The van der Waals surface area contributed by atoms with E-state index in [-0.39, 0.29) is 24.8 Å². The molecule has 0 fully saturated rings. The standard InChI is InChI=1S/C9H7.C7H6.C6H7.2ClH.Ti/c1-2-5-9-7-3-6-8(9)4-1;1-7-5-3-2-4-6-7;1-6-4-2-3-5-6;;;/h1-7H;1-6H;2-5H,1H3;2*1H;/q-1;;-1;;;+2/p-2. The summed E-state index contributed by atoms with van der Waals surface area (Å²) in [4.78, 5) is 0. The van der Waals surface area contributed by atoms with Crippen molar-refractivity contribution in [2.24, 2.45) is 0 Å². The second-order valence-electron chi connectivity index (χ2n) is 5.17. The Morgan fingerprint density at radius 3 is 1.88 bits per heavy atom. The number of rotatable bonds is 1. The molecule has 4 rings (SSSR count). The van der Waals surface area contributed by atoms with Gasteiger partial charge in [0.2, 0.25) is 0 Å². The number of hydrogen-bond donors (Lipinski definition) is 0. The van der Waals surface area contributed by atoms with Crippen molar-refractivity contribution in [2.75, 3.05) is 0 Å². The number of halogens is 2. The molecule has 0 radical (unpaired) electrons. The van der Waals surface area contributed by atoms with E-state index >= 15 is 0 Å². The van der Waals surface area contributed by atoms with Gasteiger partial charge >= 0.3 is 60.2 Å². The summed E-state index contributed by atoms with van der Waals surface area (Å²) in [5, 5.41) is 2.66. The van der Waals surface area contributed by atoms with Crippen LogP contribution >= 0.6 is 0 Å². The third-order valence-corrected chi connectivity index (χ3v) is 3.86. The van der Waals surface area contributed by atoms with Crippen LogP contribution < -0.4 is 24.8 Å². The van der Waals surface area contributed by atoms with Crippen LogP contribution in [0.1, 0.15) is 11.1 Å². The summed E-state index contributed by atoms with van der Waals surface area (Å²) >= 11 is 2.04. The van der Waals surface area contributed by atoms with Crippen molar-refractivity contribution in [3.05, 3.63) is 108 Å². The van der Waals surface area contributed by atoms with E-state index in [1.165, 1.54) is 21.9 Å². The number of hydrogen-bond acceptors (Lipinski definition) is 0. The fraction of sp³-hybridized carbons (Fsp3) is 0.0455. The fourth-order valence-corrected chi connectivity index (χ4v) is 2.39.